The van der Waals surface area contributed by atoms with E-state index in [2.05, 4.69) is 24.3 Å². The molecule has 0 radical (unpaired) electrons. The van der Waals surface area contributed by atoms with Gasteiger partial charge in [-0.1, -0.05) is 33.1 Å². The Bertz CT molecular complexity index is 523. The van der Waals surface area contributed by atoms with Gasteiger partial charge in [-0.05, 0) is 44.4 Å². The molecule has 2 N–H and O–H groups in total. The summed E-state index contributed by atoms with van der Waals surface area (Å²) in [5, 5.41) is 17.0. The highest BCUT2D eigenvalue weighted by molar-refractivity contribution is 5.95. The molecule has 1 aromatic heterocycles. The molecule has 0 saturated heterocycles. The van der Waals surface area contributed by atoms with Crippen LogP contribution in [0, 0.1) is 12.3 Å². The quantitative estimate of drug-likeness (QED) is 0.762. The minimum atomic E-state index is -0.0346. The number of hydrogen-bond donors (Lipinski definition) is 2. The zero-order valence-corrected chi connectivity index (χ0v) is 15.5. The Morgan fingerprint density at radius 3 is 2.58 bits per heavy atom. The molecular formula is C19H33N3O2. The lowest BCUT2D eigenvalue weighted by Gasteiger charge is -2.37. The van der Waals surface area contributed by atoms with Gasteiger partial charge in [-0.2, -0.15) is 5.10 Å². The summed E-state index contributed by atoms with van der Waals surface area (Å²) in [6.45, 7) is 7.13. The second kappa shape index (κ2) is 8.65. The molecule has 1 amide bonds. The summed E-state index contributed by atoms with van der Waals surface area (Å²) in [5.74, 6) is -0.0346. The Kier molecular flexibility index (Phi) is 6.84. The van der Waals surface area contributed by atoms with Crippen LogP contribution >= 0.6 is 0 Å². The molecule has 0 aromatic carbocycles. The van der Waals surface area contributed by atoms with Crippen molar-refractivity contribution in [1.82, 2.24) is 15.1 Å². The van der Waals surface area contributed by atoms with Crippen molar-refractivity contribution in [2.24, 2.45) is 5.41 Å². The van der Waals surface area contributed by atoms with Crippen LogP contribution in [0.15, 0.2) is 6.20 Å². The number of aromatic nitrogens is 2. The van der Waals surface area contributed by atoms with Gasteiger partial charge in [0, 0.05) is 18.8 Å². The first kappa shape index (κ1) is 19.0. The highest BCUT2D eigenvalue weighted by Crippen LogP contribution is 2.38. The third kappa shape index (κ3) is 4.18. The molecule has 136 valence electrons. The molecule has 1 aliphatic carbocycles. The summed E-state index contributed by atoms with van der Waals surface area (Å²) >= 11 is 0. The van der Waals surface area contributed by atoms with Gasteiger partial charge in [-0.3, -0.25) is 9.48 Å². The SMILES string of the molecule is CCC(CC)n1ncc(C(=O)NCC2(CCO)CCCCC2)c1C. The van der Waals surface area contributed by atoms with E-state index in [1.807, 2.05) is 11.6 Å². The van der Waals surface area contributed by atoms with E-state index in [9.17, 15) is 9.90 Å². The van der Waals surface area contributed by atoms with E-state index in [1.54, 1.807) is 6.20 Å². The van der Waals surface area contributed by atoms with E-state index in [0.717, 1.165) is 37.8 Å². The number of nitrogens with zero attached hydrogens (tertiary/aromatic N) is 2. The van der Waals surface area contributed by atoms with E-state index >= 15 is 0 Å². The van der Waals surface area contributed by atoms with Crippen LogP contribution in [0.3, 0.4) is 0 Å². The molecule has 0 aliphatic heterocycles. The van der Waals surface area contributed by atoms with Crippen LogP contribution in [0.1, 0.15) is 87.3 Å². The van der Waals surface area contributed by atoms with Gasteiger partial charge < -0.3 is 10.4 Å². The van der Waals surface area contributed by atoms with Gasteiger partial charge in [0.25, 0.3) is 5.91 Å². The Labute approximate surface area is 145 Å². The van der Waals surface area contributed by atoms with Crippen LogP contribution in [-0.4, -0.2) is 33.9 Å². The first-order valence-corrected chi connectivity index (χ1v) is 9.50. The summed E-state index contributed by atoms with van der Waals surface area (Å²) in [5.41, 5.74) is 1.69. The summed E-state index contributed by atoms with van der Waals surface area (Å²) in [7, 11) is 0. The van der Waals surface area contributed by atoms with E-state index in [1.165, 1.54) is 19.3 Å². The van der Waals surface area contributed by atoms with Crippen LogP contribution in [0.25, 0.3) is 0 Å². The van der Waals surface area contributed by atoms with Crippen LogP contribution in [0.2, 0.25) is 0 Å². The average molecular weight is 335 g/mol. The van der Waals surface area contributed by atoms with Gasteiger partial charge >= 0.3 is 0 Å². The Balaban J connectivity index is 2.04. The second-order valence-corrected chi connectivity index (χ2v) is 7.28. The minimum Gasteiger partial charge on any atom is -0.396 e. The molecule has 5 nitrogen and oxygen atoms in total. The van der Waals surface area contributed by atoms with Crippen LogP contribution < -0.4 is 5.32 Å². The van der Waals surface area contributed by atoms with Crippen molar-refractivity contribution in [3.63, 3.8) is 0 Å². The van der Waals surface area contributed by atoms with Crippen LogP contribution in [0.4, 0.5) is 0 Å². The average Bonchev–Trinajstić information content (AvgIpc) is 2.97. The Hall–Kier alpha value is -1.36. The standard InChI is InChI=1S/C19H33N3O2/c1-4-16(5-2)22-15(3)17(13-21-22)18(24)20-14-19(11-12-23)9-7-6-8-10-19/h13,16,23H,4-12,14H2,1-3H3,(H,20,24). The van der Waals surface area contributed by atoms with Gasteiger partial charge in [-0.15, -0.1) is 0 Å². The number of aliphatic hydroxyl groups is 1. The first-order chi connectivity index (χ1) is 11.6. The third-order valence-electron chi connectivity index (χ3n) is 5.76. The van der Waals surface area contributed by atoms with Crippen molar-refractivity contribution in [2.45, 2.75) is 78.2 Å². The van der Waals surface area contributed by atoms with Crippen LogP contribution in [0.5, 0.6) is 0 Å². The lowest BCUT2D eigenvalue weighted by molar-refractivity contribution is 0.0868. The second-order valence-electron chi connectivity index (χ2n) is 7.28. The van der Waals surface area contributed by atoms with E-state index in [4.69, 9.17) is 0 Å². The number of aliphatic hydroxyl groups excluding tert-OH is 1. The van der Waals surface area contributed by atoms with Gasteiger partial charge in [-0.25, -0.2) is 0 Å². The molecule has 1 fully saturated rings. The maximum Gasteiger partial charge on any atom is 0.254 e. The maximum atomic E-state index is 12.6. The van der Waals surface area contributed by atoms with Crippen molar-refractivity contribution in [3.8, 4) is 0 Å². The fourth-order valence-electron chi connectivity index (χ4n) is 4.07. The number of hydrogen-bond acceptors (Lipinski definition) is 3. The number of nitrogens with one attached hydrogen (secondary N) is 1. The molecular weight excluding hydrogens is 302 g/mol. The summed E-state index contributed by atoms with van der Waals surface area (Å²) < 4.78 is 1.99. The highest BCUT2D eigenvalue weighted by Gasteiger charge is 2.32. The Morgan fingerprint density at radius 1 is 1.33 bits per heavy atom. The largest absolute Gasteiger partial charge is 0.396 e. The molecule has 2 rings (SSSR count). The zero-order valence-electron chi connectivity index (χ0n) is 15.5. The van der Waals surface area contributed by atoms with Crippen molar-refractivity contribution in [1.29, 1.82) is 0 Å². The number of rotatable bonds is 8. The number of carbonyl (C=O) groups is 1. The number of amides is 1. The monoisotopic (exact) mass is 335 g/mol. The van der Waals surface area contributed by atoms with E-state index in [-0.39, 0.29) is 17.9 Å². The molecule has 0 unspecified atom stereocenters. The summed E-state index contributed by atoms with van der Waals surface area (Å²) in [6, 6.07) is 0.352. The highest BCUT2D eigenvalue weighted by atomic mass is 16.3. The topological polar surface area (TPSA) is 67.2 Å². The van der Waals surface area contributed by atoms with Crippen molar-refractivity contribution < 1.29 is 9.90 Å². The van der Waals surface area contributed by atoms with E-state index in [0.29, 0.717) is 18.2 Å². The van der Waals surface area contributed by atoms with Crippen molar-refractivity contribution in [2.75, 3.05) is 13.2 Å². The molecule has 1 aromatic rings. The summed E-state index contributed by atoms with van der Waals surface area (Å²) in [6.07, 6.45) is 10.4. The van der Waals surface area contributed by atoms with Crippen LogP contribution in [-0.2, 0) is 0 Å². The van der Waals surface area contributed by atoms with Crippen molar-refractivity contribution >= 4 is 5.91 Å². The maximum absolute atomic E-state index is 12.6. The lowest BCUT2D eigenvalue weighted by atomic mass is 9.72. The molecule has 5 heteroatoms. The fourth-order valence-corrected chi connectivity index (χ4v) is 4.07. The lowest BCUT2D eigenvalue weighted by Crippen LogP contribution is -2.39. The molecule has 1 heterocycles. The van der Waals surface area contributed by atoms with Gasteiger partial charge in [0.2, 0.25) is 0 Å². The summed E-state index contributed by atoms with van der Waals surface area (Å²) in [4.78, 5) is 12.6. The van der Waals surface area contributed by atoms with Crippen molar-refractivity contribution in [3.05, 3.63) is 17.5 Å². The molecule has 0 spiro atoms. The fraction of sp³-hybridized carbons (Fsp3) is 0.789. The Morgan fingerprint density at radius 2 is 2.00 bits per heavy atom. The molecule has 0 bridgehead atoms. The molecule has 1 saturated carbocycles. The van der Waals surface area contributed by atoms with E-state index < -0.39 is 0 Å². The smallest absolute Gasteiger partial charge is 0.254 e. The zero-order chi connectivity index (χ0) is 17.6. The molecule has 24 heavy (non-hydrogen) atoms. The molecule has 1 aliphatic rings. The van der Waals surface area contributed by atoms with Gasteiger partial charge in [0.1, 0.15) is 0 Å². The predicted molar refractivity (Wildman–Crippen MR) is 96.1 cm³/mol. The molecule has 0 atom stereocenters. The van der Waals surface area contributed by atoms with Gasteiger partial charge in [0.15, 0.2) is 0 Å². The first-order valence-electron chi connectivity index (χ1n) is 9.50. The number of carbonyl (C=O) groups excluding carboxylic acids is 1. The predicted octanol–water partition coefficient (Wildman–Crippen LogP) is 3.62. The van der Waals surface area contributed by atoms with Gasteiger partial charge in [0.05, 0.1) is 17.8 Å². The normalized spacial score (nSPS) is 17.2. The minimum absolute atomic E-state index is 0.0346. The third-order valence-corrected chi connectivity index (χ3v) is 5.76.